The summed E-state index contributed by atoms with van der Waals surface area (Å²) in [5.41, 5.74) is 2.86. The van der Waals surface area contributed by atoms with Crippen molar-refractivity contribution in [3.05, 3.63) is 65.2 Å². The van der Waals surface area contributed by atoms with E-state index in [1.807, 2.05) is 19.1 Å². The summed E-state index contributed by atoms with van der Waals surface area (Å²) >= 11 is 0. The van der Waals surface area contributed by atoms with Crippen LogP contribution in [0.1, 0.15) is 53.6 Å². The number of ether oxygens (including phenoxy) is 2. The zero-order valence-electron chi connectivity index (χ0n) is 17.9. The normalized spacial score (nSPS) is 16.5. The Labute approximate surface area is 175 Å². The molecule has 1 saturated heterocycles. The molecule has 0 spiro atoms. The van der Waals surface area contributed by atoms with E-state index in [0.29, 0.717) is 17.9 Å². The van der Waals surface area contributed by atoms with Crippen molar-refractivity contribution >= 4 is 5.97 Å². The van der Waals surface area contributed by atoms with Crippen LogP contribution in [0.5, 0.6) is 5.75 Å². The third-order valence-corrected chi connectivity index (χ3v) is 6.05. The monoisotopic (exact) mass is 396 g/mol. The minimum Gasteiger partial charge on any atom is -0.487 e. The number of esters is 1. The zero-order valence-corrected chi connectivity index (χ0v) is 17.9. The van der Waals surface area contributed by atoms with Crippen LogP contribution in [0.4, 0.5) is 0 Å². The molecule has 0 aromatic heterocycles. The summed E-state index contributed by atoms with van der Waals surface area (Å²) in [5, 5.41) is 0. The highest BCUT2D eigenvalue weighted by molar-refractivity contribution is 5.92. The van der Waals surface area contributed by atoms with E-state index in [1.165, 1.54) is 57.9 Å². The number of carbonyl (C=O) groups excluding carboxylic acids is 1. The van der Waals surface area contributed by atoms with Crippen molar-refractivity contribution in [2.24, 2.45) is 0 Å². The Morgan fingerprint density at radius 3 is 2.31 bits per heavy atom. The fraction of sp³-hybridized carbons (Fsp3) is 0.480. The minimum absolute atomic E-state index is 0.344. The third-order valence-electron chi connectivity index (χ3n) is 6.05. The molecule has 0 N–H and O–H groups in total. The Balaban J connectivity index is 1.74. The van der Waals surface area contributed by atoms with Crippen LogP contribution in [0.25, 0.3) is 0 Å². The number of quaternary nitrogens is 1. The number of nitrogens with zero attached hydrogens (tertiary/aromatic N) is 1. The van der Waals surface area contributed by atoms with Gasteiger partial charge >= 0.3 is 5.97 Å². The van der Waals surface area contributed by atoms with Crippen molar-refractivity contribution in [1.29, 1.82) is 0 Å². The van der Waals surface area contributed by atoms with Crippen LogP contribution >= 0.6 is 0 Å². The molecule has 1 aliphatic rings. The summed E-state index contributed by atoms with van der Waals surface area (Å²) in [6.45, 7) is 6.95. The van der Waals surface area contributed by atoms with Gasteiger partial charge in [0.25, 0.3) is 0 Å². The van der Waals surface area contributed by atoms with Crippen LogP contribution in [0.3, 0.4) is 0 Å². The van der Waals surface area contributed by atoms with E-state index >= 15 is 0 Å². The minimum atomic E-state index is -0.344. The maximum Gasteiger partial charge on any atom is 0.341 e. The molecule has 1 heterocycles. The number of para-hydroxylation sites is 1. The van der Waals surface area contributed by atoms with E-state index in [2.05, 4.69) is 30.3 Å². The lowest BCUT2D eigenvalue weighted by molar-refractivity contribution is -0.941. The van der Waals surface area contributed by atoms with Gasteiger partial charge in [-0.05, 0) is 44.2 Å². The first-order chi connectivity index (χ1) is 14.1. The molecular formula is C25H34NO3+. The molecule has 4 heteroatoms. The maximum absolute atomic E-state index is 12.1. The lowest BCUT2D eigenvalue weighted by atomic mass is 10.0. The van der Waals surface area contributed by atoms with E-state index in [-0.39, 0.29) is 5.97 Å². The molecule has 2 aromatic carbocycles. The van der Waals surface area contributed by atoms with Crippen molar-refractivity contribution in [3.8, 4) is 5.75 Å². The first-order valence-electron chi connectivity index (χ1n) is 10.8. The van der Waals surface area contributed by atoms with Crippen LogP contribution < -0.4 is 4.74 Å². The van der Waals surface area contributed by atoms with Gasteiger partial charge in [0.1, 0.15) is 31.0 Å². The Morgan fingerprint density at radius 2 is 1.62 bits per heavy atom. The smallest absolute Gasteiger partial charge is 0.341 e. The van der Waals surface area contributed by atoms with Gasteiger partial charge in [-0.25, -0.2) is 4.79 Å². The van der Waals surface area contributed by atoms with Crippen molar-refractivity contribution < 1.29 is 18.8 Å². The van der Waals surface area contributed by atoms with Gasteiger partial charge in [-0.3, -0.25) is 0 Å². The lowest BCUT2D eigenvalue weighted by Crippen LogP contribution is -2.51. The highest BCUT2D eigenvalue weighted by atomic mass is 16.5. The van der Waals surface area contributed by atoms with Gasteiger partial charge < -0.3 is 14.0 Å². The summed E-state index contributed by atoms with van der Waals surface area (Å²) in [5.74, 6) is 0.312. The molecule has 3 rings (SSSR count). The van der Waals surface area contributed by atoms with Gasteiger partial charge in [-0.15, -0.1) is 0 Å². The Hall–Kier alpha value is -2.33. The number of hydrogen-bond acceptors (Lipinski definition) is 3. The molecule has 4 nitrogen and oxygen atoms in total. The molecule has 1 fully saturated rings. The fourth-order valence-electron chi connectivity index (χ4n) is 4.42. The van der Waals surface area contributed by atoms with Crippen LogP contribution in [0.15, 0.2) is 48.5 Å². The number of benzene rings is 2. The standard InChI is InChI=1S/C25H34NO3/c1-21-12-11-15-23(25(27)28-2)24(21)29-19-18-26(16-9-4-3-5-10-17-26)20-22-13-7-6-8-14-22/h6-8,11-15H,3-5,9-10,16-20H2,1-2H3/q+1. The van der Waals surface area contributed by atoms with Crippen LogP contribution in [0, 0.1) is 6.92 Å². The highest BCUT2D eigenvalue weighted by Gasteiger charge is 2.28. The Morgan fingerprint density at radius 1 is 0.931 bits per heavy atom. The molecule has 29 heavy (non-hydrogen) atoms. The molecule has 0 radical (unpaired) electrons. The van der Waals surface area contributed by atoms with Gasteiger partial charge in [0.15, 0.2) is 0 Å². The summed E-state index contributed by atoms with van der Waals surface area (Å²) in [6.07, 6.45) is 6.53. The summed E-state index contributed by atoms with van der Waals surface area (Å²) in [6, 6.07) is 16.4. The number of hydrogen-bond donors (Lipinski definition) is 0. The molecule has 2 aromatic rings. The number of aryl methyl sites for hydroxylation is 1. The molecule has 0 aliphatic carbocycles. The largest absolute Gasteiger partial charge is 0.487 e. The predicted octanol–water partition coefficient (Wildman–Crippen LogP) is 5.14. The first kappa shape index (κ1) is 21.4. The van der Waals surface area contributed by atoms with E-state index in [0.717, 1.165) is 23.1 Å². The average Bonchev–Trinajstić information content (AvgIpc) is 2.72. The first-order valence-corrected chi connectivity index (χ1v) is 10.8. The number of rotatable bonds is 7. The second-order valence-corrected chi connectivity index (χ2v) is 8.22. The third kappa shape index (κ3) is 5.83. The molecule has 1 aliphatic heterocycles. The van der Waals surface area contributed by atoms with E-state index in [1.54, 1.807) is 6.07 Å². The van der Waals surface area contributed by atoms with E-state index in [9.17, 15) is 4.79 Å². The zero-order chi connectivity index (χ0) is 20.5. The number of carbonyl (C=O) groups is 1. The molecule has 0 unspecified atom stereocenters. The second kappa shape index (κ2) is 10.4. The Kier molecular flexibility index (Phi) is 7.70. The van der Waals surface area contributed by atoms with Gasteiger partial charge in [0, 0.05) is 5.56 Å². The van der Waals surface area contributed by atoms with Gasteiger partial charge in [0.2, 0.25) is 0 Å². The van der Waals surface area contributed by atoms with Crippen LogP contribution in [-0.2, 0) is 11.3 Å². The van der Waals surface area contributed by atoms with Gasteiger partial charge in [-0.1, -0.05) is 48.9 Å². The van der Waals surface area contributed by atoms with Gasteiger partial charge in [0.05, 0.1) is 20.2 Å². The van der Waals surface area contributed by atoms with Crippen molar-refractivity contribution in [2.45, 2.75) is 45.6 Å². The van der Waals surface area contributed by atoms with Crippen LogP contribution in [0.2, 0.25) is 0 Å². The summed E-state index contributed by atoms with van der Waals surface area (Å²) in [7, 11) is 1.41. The second-order valence-electron chi connectivity index (χ2n) is 8.22. The Bertz CT molecular complexity index is 780. The quantitative estimate of drug-likeness (QED) is 0.480. The predicted molar refractivity (Wildman–Crippen MR) is 116 cm³/mol. The van der Waals surface area contributed by atoms with Gasteiger partial charge in [-0.2, -0.15) is 0 Å². The van der Waals surface area contributed by atoms with Crippen LogP contribution in [-0.4, -0.2) is 43.8 Å². The summed E-state index contributed by atoms with van der Waals surface area (Å²) in [4.78, 5) is 12.1. The molecule has 0 bridgehead atoms. The SMILES string of the molecule is COC(=O)c1cccc(C)c1OCC[N+]1(Cc2ccccc2)CCCCCCC1. The highest BCUT2D eigenvalue weighted by Crippen LogP contribution is 2.26. The number of likely N-dealkylation sites (tertiary alicyclic amines) is 1. The van der Waals surface area contributed by atoms with Crippen molar-refractivity contribution in [1.82, 2.24) is 0 Å². The van der Waals surface area contributed by atoms with Crippen molar-refractivity contribution in [3.63, 3.8) is 0 Å². The molecule has 0 saturated carbocycles. The molecule has 156 valence electrons. The maximum atomic E-state index is 12.1. The van der Waals surface area contributed by atoms with E-state index < -0.39 is 0 Å². The molecular weight excluding hydrogens is 362 g/mol. The topological polar surface area (TPSA) is 35.5 Å². The fourth-order valence-corrected chi connectivity index (χ4v) is 4.42. The van der Waals surface area contributed by atoms with E-state index in [4.69, 9.17) is 9.47 Å². The van der Waals surface area contributed by atoms with Crippen molar-refractivity contribution in [2.75, 3.05) is 33.4 Å². The lowest BCUT2D eigenvalue weighted by Gasteiger charge is -2.40. The number of methoxy groups -OCH3 is 1. The molecule has 0 atom stereocenters. The molecule has 0 amide bonds. The summed E-state index contributed by atoms with van der Waals surface area (Å²) < 4.78 is 12.2. The average molecular weight is 397 g/mol.